The van der Waals surface area contributed by atoms with Gasteiger partial charge in [0.05, 0.1) is 23.2 Å². The topological polar surface area (TPSA) is 95.6 Å². The maximum atomic E-state index is 13.4. The molecular weight excluding hydrogens is 457 g/mol. The molecule has 0 saturated carbocycles. The van der Waals surface area contributed by atoms with Crippen molar-refractivity contribution in [2.24, 2.45) is 0 Å². The number of benzene rings is 3. The predicted octanol–water partition coefficient (Wildman–Crippen LogP) is 3.94. The smallest absolute Gasteiger partial charge is 0.253 e. The number of rotatable bonds is 9. The van der Waals surface area contributed by atoms with Crippen molar-refractivity contribution in [1.82, 2.24) is 5.32 Å². The Balaban J connectivity index is 1.83. The number of hydrogen-bond donors (Lipinski definition) is 2. The minimum Gasteiger partial charge on any atom is -0.348 e. The van der Waals surface area contributed by atoms with E-state index in [1.165, 1.54) is 12.1 Å². The van der Waals surface area contributed by atoms with Crippen molar-refractivity contribution in [1.29, 1.82) is 0 Å². The van der Waals surface area contributed by atoms with Crippen LogP contribution in [0.2, 0.25) is 0 Å². The van der Waals surface area contributed by atoms with Crippen LogP contribution < -0.4 is 14.9 Å². The molecule has 0 saturated heterocycles. The van der Waals surface area contributed by atoms with E-state index in [0.717, 1.165) is 28.3 Å². The fourth-order valence-corrected chi connectivity index (χ4v) is 4.74. The minimum absolute atomic E-state index is 0.151. The number of sulfonamides is 1. The number of carbonyl (C=O) groups excluding carboxylic acids is 2. The first kappa shape index (κ1) is 24.9. The number of anilines is 2. The van der Waals surface area contributed by atoms with Crippen LogP contribution in [0.4, 0.5) is 15.8 Å². The van der Waals surface area contributed by atoms with Crippen molar-refractivity contribution in [2.75, 3.05) is 15.9 Å². The van der Waals surface area contributed by atoms with Gasteiger partial charge in [0.15, 0.2) is 0 Å². The minimum atomic E-state index is -3.87. The Bertz CT molecular complexity index is 1250. The van der Waals surface area contributed by atoms with E-state index in [-0.39, 0.29) is 29.3 Å². The van der Waals surface area contributed by atoms with Crippen LogP contribution in [0.25, 0.3) is 0 Å². The molecule has 0 aliphatic heterocycles. The van der Waals surface area contributed by atoms with E-state index in [0.29, 0.717) is 6.54 Å². The van der Waals surface area contributed by atoms with Gasteiger partial charge in [0.1, 0.15) is 11.9 Å². The molecule has 2 amide bonds. The van der Waals surface area contributed by atoms with E-state index in [2.05, 4.69) is 10.6 Å². The van der Waals surface area contributed by atoms with Crippen molar-refractivity contribution in [3.05, 3.63) is 95.8 Å². The van der Waals surface area contributed by atoms with Gasteiger partial charge in [-0.05, 0) is 48.4 Å². The van der Waals surface area contributed by atoms with Gasteiger partial charge in [0, 0.05) is 6.54 Å². The third kappa shape index (κ3) is 6.20. The summed E-state index contributed by atoms with van der Waals surface area (Å²) >= 11 is 0. The van der Waals surface area contributed by atoms with Crippen molar-refractivity contribution < 1.29 is 22.4 Å². The van der Waals surface area contributed by atoms with Gasteiger partial charge in [-0.25, -0.2) is 12.8 Å². The summed E-state index contributed by atoms with van der Waals surface area (Å²) in [7, 11) is -3.87. The number of para-hydroxylation sites is 1. The lowest BCUT2D eigenvalue weighted by Gasteiger charge is -2.30. The Morgan fingerprint density at radius 3 is 2.18 bits per heavy atom. The molecule has 0 radical (unpaired) electrons. The molecule has 7 nitrogen and oxygen atoms in total. The average molecular weight is 484 g/mol. The second-order valence-corrected chi connectivity index (χ2v) is 9.52. The van der Waals surface area contributed by atoms with Gasteiger partial charge in [0.2, 0.25) is 15.9 Å². The summed E-state index contributed by atoms with van der Waals surface area (Å²) in [5, 5.41) is 5.51. The Labute approximate surface area is 198 Å². The second kappa shape index (κ2) is 10.9. The van der Waals surface area contributed by atoms with Crippen molar-refractivity contribution in [3.8, 4) is 0 Å². The summed E-state index contributed by atoms with van der Waals surface area (Å²) in [5.41, 5.74) is 1.59. The largest absolute Gasteiger partial charge is 0.348 e. The van der Waals surface area contributed by atoms with E-state index in [1.54, 1.807) is 31.2 Å². The highest BCUT2D eigenvalue weighted by Gasteiger charge is 2.32. The average Bonchev–Trinajstić information content (AvgIpc) is 2.82. The van der Waals surface area contributed by atoms with E-state index in [4.69, 9.17) is 0 Å². The van der Waals surface area contributed by atoms with E-state index in [1.807, 2.05) is 30.3 Å². The zero-order chi connectivity index (χ0) is 24.7. The molecule has 9 heteroatoms. The summed E-state index contributed by atoms with van der Waals surface area (Å²) in [4.78, 5) is 26.0. The highest BCUT2D eigenvalue weighted by molar-refractivity contribution is 7.92. The Morgan fingerprint density at radius 2 is 1.56 bits per heavy atom. The lowest BCUT2D eigenvalue weighted by Crippen LogP contribution is -2.47. The van der Waals surface area contributed by atoms with Crippen LogP contribution in [-0.4, -0.2) is 32.5 Å². The predicted molar refractivity (Wildman–Crippen MR) is 130 cm³/mol. The third-order valence-electron chi connectivity index (χ3n) is 5.14. The summed E-state index contributed by atoms with van der Waals surface area (Å²) < 4.78 is 39.5. The van der Waals surface area contributed by atoms with E-state index < -0.39 is 27.8 Å². The van der Waals surface area contributed by atoms with Crippen LogP contribution in [0, 0.1) is 5.82 Å². The number of halogens is 1. The molecule has 0 fully saturated rings. The number of nitrogens with one attached hydrogen (secondary N) is 2. The lowest BCUT2D eigenvalue weighted by atomic mass is 10.1. The number of nitrogens with zero attached hydrogens (tertiary/aromatic N) is 1. The number of hydrogen-bond acceptors (Lipinski definition) is 4. The number of amides is 2. The Morgan fingerprint density at radius 1 is 0.941 bits per heavy atom. The Hall–Kier alpha value is -3.72. The van der Waals surface area contributed by atoms with Crippen LogP contribution in [0.5, 0.6) is 0 Å². The summed E-state index contributed by atoms with van der Waals surface area (Å²) in [6.45, 7) is 1.98. The summed E-state index contributed by atoms with van der Waals surface area (Å²) in [6, 6.07) is 19.6. The highest BCUT2D eigenvalue weighted by Crippen LogP contribution is 2.24. The molecule has 178 valence electrons. The van der Waals surface area contributed by atoms with Gasteiger partial charge in [-0.15, -0.1) is 0 Å². The molecule has 3 rings (SSSR count). The molecule has 34 heavy (non-hydrogen) atoms. The molecule has 0 spiro atoms. The van der Waals surface area contributed by atoms with Crippen molar-refractivity contribution in [2.45, 2.75) is 25.9 Å². The van der Waals surface area contributed by atoms with Crippen LogP contribution in [0.15, 0.2) is 78.9 Å². The highest BCUT2D eigenvalue weighted by atomic mass is 32.2. The summed E-state index contributed by atoms with van der Waals surface area (Å²) in [5.74, 6) is -1.52. The molecule has 3 aromatic carbocycles. The van der Waals surface area contributed by atoms with Crippen LogP contribution in [-0.2, 0) is 21.4 Å². The molecule has 0 aliphatic carbocycles. The van der Waals surface area contributed by atoms with E-state index in [9.17, 15) is 22.4 Å². The molecule has 2 N–H and O–H groups in total. The van der Waals surface area contributed by atoms with Crippen LogP contribution in [0.1, 0.15) is 29.3 Å². The third-order valence-corrected chi connectivity index (χ3v) is 6.32. The van der Waals surface area contributed by atoms with Crippen molar-refractivity contribution >= 4 is 33.2 Å². The molecule has 0 unspecified atom stereocenters. The summed E-state index contributed by atoms with van der Waals surface area (Å²) in [6.07, 6.45) is 1.13. The molecule has 0 aliphatic rings. The maximum Gasteiger partial charge on any atom is 0.253 e. The first-order valence-electron chi connectivity index (χ1n) is 10.7. The first-order valence-corrected chi connectivity index (χ1v) is 12.5. The van der Waals surface area contributed by atoms with Gasteiger partial charge in [-0.3, -0.25) is 13.9 Å². The van der Waals surface area contributed by atoms with E-state index >= 15 is 0 Å². The zero-order valence-corrected chi connectivity index (χ0v) is 19.7. The molecule has 1 atom stereocenters. The van der Waals surface area contributed by atoms with Gasteiger partial charge >= 0.3 is 0 Å². The Kier molecular flexibility index (Phi) is 8.01. The maximum absolute atomic E-state index is 13.4. The zero-order valence-electron chi connectivity index (χ0n) is 18.9. The quantitative estimate of drug-likeness (QED) is 0.482. The fraction of sp³-hybridized carbons (Fsp3) is 0.200. The van der Waals surface area contributed by atoms with Gasteiger partial charge < -0.3 is 10.6 Å². The van der Waals surface area contributed by atoms with Crippen molar-refractivity contribution in [3.63, 3.8) is 0 Å². The molecule has 0 aromatic heterocycles. The normalized spacial score (nSPS) is 12.0. The monoisotopic (exact) mass is 483 g/mol. The molecule has 0 heterocycles. The molecular formula is C25H26FN3O4S. The lowest BCUT2D eigenvalue weighted by molar-refractivity contribution is -0.117. The second-order valence-electron chi connectivity index (χ2n) is 7.66. The van der Waals surface area contributed by atoms with Gasteiger partial charge in [0.25, 0.3) is 5.91 Å². The molecule has 3 aromatic rings. The SMILES string of the molecule is CC[C@@H](C(=O)Nc1ccccc1C(=O)NCc1ccccc1)N(c1ccc(F)cc1)S(C)(=O)=O. The van der Waals surface area contributed by atoms with Gasteiger partial charge in [-0.1, -0.05) is 49.4 Å². The molecule has 0 bridgehead atoms. The van der Waals surface area contributed by atoms with Crippen LogP contribution >= 0.6 is 0 Å². The fourth-order valence-electron chi connectivity index (χ4n) is 3.53. The first-order chi connectivity index (χ1) is 16.2. The number of carbonyl (C=O) groups is 2. The standard InChI is InChI=1S/C25H26FN3O4S/c1-3-23(29(34(2,32)33)20-15-13-19(26)14-16-20)25(31)28-22-12-8-7-11-21(22)24(30)27-17-18-9-5-4-6-10-18/h4-16,23H,3,17H2,1-2H3,(H,27,30)(H,28,31)/t23-/m0/s1. The van der Waals surface area contributed by atoms with Gasteiger partial charge in [-0.2, -0.15) is 0 Å². The van der Waals surface area contributed by atoms with Crippen LogP contribution in [0.3, 0.4) is 0 Å².